The molecular formula is C25H24ClN3O2. The second-order valence-corrected chi connectivity index (χ2v) is 8.10. The molecule has 2 aromatic carbocycles. The van der Waals surface area contributed by atoms with Crippen LogP contribution in [0.5, 0.6) is 0 Å². The number of carbonyl (C=O) groups is 1. The lowest BCUT2D eigenvalue weighted by atomic mass is 10.1. The Labute approximate surface area is 185 Å². The first-order chi connectivity index (χ1) is 15.0. The molecule has 4 rings (SSSR count). The van der Waals surface area contributed by atoms with Crippen molar-refractivity contribution in [2.24, 2.45) is 0 Å². The normalized spacial score (nSPS) is 11.2. The van der Waals surface area contributed by atoms with Gasteiger partial charge in [0.2, 0.25) is 5.78 Å². The highest BCUT2D eigenvalue weighted by Gasteiger charge is 2.15. The Balaban J connectivity index is 1.88. The molecular weight excluding hydrogens is 410 g/mol. The summed E-state index contributed by atoms with van der Waals surface area (Å²) in [5.41, 5.74) is 3.83. The van der Waals surface area contributed by atoms with Crippen LogP contribution in [0.1, 0.15) is 43.5 Å². The van der Waals surface area contributed by atoms with E-state index in [4.69, 9.17) is 16.6 Å². The van der Waals surface area contributed by atoms with E-state index in [1.807, 2.05) is 36.4 Å². The molecule has 0 aliphatic heterocycles. The van der Waals surface area contributed by atoms with Crippen molar-refractivity contribution in [1.29, 1.82) is 0 Å². The lowest BCUT2D eigenvalue weighted by Crippen LogP contribution is -2.18. The van der Waals surface area contributed by atoms with E-state index < -0.39 is 0 Å². The molecule has 0 N–H and O–H groups in total. The van der Waals surface area contributed by atoms with Crippen LogP contribution in [0.4, 0.5) is 0 Å². The molecule has 0 unspecified atom stereocenters. The van der Waals surface area contributed by atoms with Crippen molar-refractivity contribution in [2.75, 3.05) is 0 Å². The Hall–Kier alpha value is -3.18. The number of carbonyl (C=O) groups excluding carboxylic acids is 1. The van der Waals surface area contributed by atoms with Gasteiger partial charge in [-0.1, -0.05) is 67.8 Å². The summed E-state index contributed by atoms with van der Waals surface area (Å²) in [6.07, 6.45) is 4.95. The number of nitrogens with zero attached hydrogens (tertiary/aromatic N) is 3. The molecule has 0 aliphatic carbocycles. The molecule has 0 saturated heterocycles. The topological polar surface area (TPSA) is 56.4 Å². The van der Waals surface area contributed by atoms with Gasteiger partial charge in [0.1, 0.15) is 0 Å². The minimum atomic E-state index is -0.139. The van der Waals surface area contributed by atoms with Crippen LogP contribution in [0, 0.1) is 0 Å². The van der Waals surface area contributed by atoms with E-state index in [0.717, 1.165) is 48.3 Å². The molecule has 4 aromatic rings. The van der Waals surface area contributed by atoms with Crippen LogP contribution < -0.4 is 5.56 Å². The minimum Gasteiger partial charge on any atom is -0.311 e. The van der Waals surface area contributed by atoms with Crippen LogP contribution in [0.3, 0.4) is 0 Å². The summed E-state index contributed by atoms with van der Waals surface area (Å²) in [7, 11) is 0. The number of rotatable bonds is 7. The second-order valence-electron chi connectivity index (χ2n) is 7.66. The molecule has 6 heteroatoms. The first-order valence-corrected chi connectivity index (χ1v) is 10.9. The van der Waals surface area contributed by atoms with Gasteiger partial charge < -0.3 is 4.57 Å². The molecule has 31 heavy (non-hydrogen) atoms. The fourth-order valence-corrected chi connectivity index (χ4v) is 3.84. The highest BCUT2D eigenvalue weighted by atomic mass is 35.5. The summed E-state index contributed by atoms with van der Waals surface area (Å²) in [6.45, 7) is 4.46. The van der Waals surface area contributed by atoms with Crippen LogP contribution in [-0.4, -0.2) is 19.7 Å². The van der Waals surface area contributed by atoms with Gasteiger partial charge in [0, 0.05) is 35.0 Å². The van der Waals surface area contributed by atoms with Gasteiger partial charge in [0.25, 0.3) is 5.56 Å². The van der Waals surface area contributed by atoms with Gasteiger partial charge in [0.05, 0.1) is 11.4 Å². The van der Waals surface area contributed by atoms with Crippen LogP contribution in [0.15, 0.2) is 65.6 Å². The van der Waals surface area contributed by atoms with Crippen molar-refractivity contribution in [3.63, 3.8) is 0 Å². The Morgan fingerprint density at radius 2 is 1.68 bits per heavy atom. The smallest absolute Gasteiger partial charge is 0.259 e. The average Bonchev–Trinajstić information content (AvgIpc) is 3.22. The number of benzene rings is 2. The second kappa shape index (κ2) is 8.90. The van der Waals surface area contributed by atoms with E-state index in [1.54, 1.807) is 35.7 Å². The van der Waals surface area contributed by atoms with E-state index in [1.165, 1.54) is 0 Å². The van der Waals surface area contributed by atoms with Gasteiger partial charge in [-0.25, -0.2) is 4.98 Å². The van der Waals surface area contributed by atoms with Crippen molar-refractivity contribution in [1.82, 2.24) is 14.0 Å². The average molecular weight is 434 g/mol. The van der Waals surface area contributed by atoms with Gasteiger partial charge in [-0.3, -0.25) is 14.0 Å². The van der Waals surface area contributed by atoms with Crippen molar-refractivity contribution < 1.29 is 4.79 Å². The lowest BCUT2D eigenvalue weighted by Gasteiger charge is -2.15. The molecule has 0 amide bonds. The van der Waals surface area contributed by atoms with E-state index in [-0.39, 0.29) is 11.3 Å². The summed E-state index contributed by atoms with van der Waals surface area (Å²) in [6, 6.07) is 16.5. The molecule has 0 saturated carbocycles. The number of ketones is 1. The Kier molecular flexibility index (Phi) is 6.05. The molecule has 2 heterocycles. The summed E-state index contributed by atoms with van der Waals surface area (Å²) in [4.78, 5) is 29.4. The molecule has 0 bridgehead atoms. The Bertz CT molecular complexity index is 1290. The van der Waals surface area contributed by atoms with E-state index in [9.17, 15) is 9.59 Å². The third-order valence-corrected chi connectivity index (χ3v) is 5.68. The number of Topliss-reactive ketones (excluding diaryl/α,β-unsaturated/α-hetero) is 1. The molecule has 0 aliphatic rings. The number of hydrogen-bond donors (Lipinski definition) is 0. The van der Waals surface area contributed by atoms with Gasteiger partial charge in [-0.05, 0) is 31.0 Å². The fraction of sp³-hybridized carbons (Fsp3) is 0.240. The summed E-state index contributed by atoms with van der Waals surface area (Å²) in [5.74, 6) is 0.627. The number of fused-ring (bicyclic) bond motifs is 1. The standard InChI is InChI=1S/C25H24ClN3O2/c1-3-4-5-14-28-23(20-8-6-18(7-9-20)17(2)30)15-24(31)29-16-22(27-25(28)29)19-10-12-21(26)13-11-19/h6-13,15-16H,3-5,14H2,1-2H3. The zero-order valence-electron chi connectivity index (χ0n) is 17.6. The largest absolute Gasteiger partial charge is 0.311 e. The number of unbranched alkanes of at least 4 members (excludes halogenated alkanes) is 2. The maximum Gasteiger partial charge on any atom is 0.259 e. The molecule has 5 nitrogen and oxygen atoms in total. The number of hydrogen-bond acceptors (Lipinski definition) is 3. The maximum absolute atomic E-state index is 13.0. The first-order valence-electron chi connectivity index (χ1n) is 10.5. The van der Waals surface area contributed by atoms with E-state index in [2.05, 4.69) is 11.5 Å². The number of aryl methyl sites for hydroxylation is 1. The molecule has 158 valence electrons. The molecule has 0 atom stereocenters. The van der Waals surface area contributed by atoms with Crippen LogP contribution in [0.2, 0.25) is 5.02 Å². The summed E-state index contributed by atoms with van der Waals surface area (Å²) < 4.78 is 3.70. The third-order valence-electron chi connectivity index (χ3n) is 5.43. The van der Waals surface area contributed by atoms with Crippen LogP contribution in [0.25, 0.3) is 28.3 Å². The summed E-state index contributed by atoms with van der Waals surface area (Å²) in [5, 5.41) is 0.656. The minimum absolute atomic E-state index is 0.0169. The van der Waals surface area contributed by atoms with E-state index >= 15 is 0 Å². The maximum atomic E-state index is 13.0. The summed E-state index contributed by atoms with van der Waals surface area (Å²) >= 11 is 6.02. The first kappa shape index (κ1) is 21.1. The SMILES string of the molecule is CCCCCn1c(-c2ccc(C(C)=O)cc2)cc(=O)n2cc(-c3ccc(Cl)cc3)nc12. The van der Waals surface area contributed by atoms with Crippen molar-refractivity contribution in [2.45, 2.75) is 39.7 Å². The molecule has 0 radical (unpaired) electrons. The van der Waals surface area contributed by atoms with Crippen molar-refractivity contribution >= 4 is 23.2 Å². The molecule has 0 spiro atoms. The van der Waals surface area contributed by atoms with Gasteiger partial charge >= 0.3 is 0 Å². The van der Waals surface area contributed by atoms with Crippen LogP contribution >= 0.6 is 11.6 Å². The van der Waals surface area contributed by atoms with Crippen LogP contribution in [-0.2, 0) is 6.54 Å². The van der Waals surface area contributed by atoms with Crippen molar-refractivity contribution in [3.05, 3.63) is 81.7 Å². The predicted octanol–water partition coefficient (Wildman–Crippen LogP) is 5.88. The number of imidazole rings is 1. The highest BCUT2D eigenvalue weighted by molar-refractivity contribution is 6.30. The Morgan fingerprint density at radius 1 is 1.00 bits per heavy atom. The zero-order valence-corrected chi connectivity index (χ0v) is 18.4. The van der Waals surface area contributed by atoms with Gasteiger partial charge in [0.15, 0.2) is 5.78 Å². The quantitative estimate of drug-likeness (QED) is 0.270. The Morgan fingerprint density at radius 3 is 2.32 bits per heavy atom. The third kappa shape index (κ3) is 4.32. The fourth-order valence-electron chi connectivity index (χ4n) is 3.71. The number of halogens is 1. The van der Waals surface area contributed by atoms with Crippen molar-refractivity contribution in [3.8, 4) is 22.5 Å². The molecule has 0 fully saturated rings. The lowest BCUT2D eigenvalue weighted by molar-refractivity contribution is 0.101. The van der Waals surface area contributed by atoms with Gasteiger partial charge in [-0.2, -0.15) is 0 Å². The number of aromatic nitrogens is 3. The monoisotopic (exact) mass is 433 g/mol. The van der Waals surface area contributed by atoms with E-state index in [0.29, 0.717) is 16.4 Å². The highest BCUT2D eigenvalue weighted by Crippen LogP contribution is 2.25. The van der Waals surface area contributed by atoms with Gasteiger partial charge in [-0.15, -0.1) is 0 Å². The molecule has 2 aromatic heterocycles. The predicted molar refractivity (Wildman–Crippen MR) is 125 cm³/mol. The zero-order chi connectivity index (χ0) is 22.0.